The lowest BCUT2D eigenvalue weighted by molar-refractivity contribution is 0.194. The van der Waals surface area contributed by atoms with Crippen LogP contribution in [0.2, 0.25) is 0 Å². The first-order chi connectivity index (χ1) is 10.8. The average molecular weight is 316 g/mol. The van der Waals surface area contributed by atoms with E-state index in [9.17, 15) is 0 Å². The highest BCUT2D eigenvalue weighted by atomic mass is 32.2. The van der Waals surface area contributed by atoms with E-state index in [1.54, 1.807) is 0 Å². The molecule has 2 atom stereocenters. The fourth-order valence-corrected chi connectivity index (χ4v) is 5.10. The molecule has 118 valence electrons. The molecule has 0 bridgehead atoms. The zero-order valence-electron chi connectivity index (χ0n) is 13.2. The number of nitrogens with zero attached hydrogens (tertiary/aromatic N) is 4. The number of likely N-dealkylation sites (tertiary alicyclic amines) is 1. The molecule has 22 heavy (non-hydrogen) atoms. The molecule has 0 saturated carbocycles. The van der Waals surface area contributed by atoms with Gasteiger partial charge in [0.1, 0.15) is 11.3 Å². The molecular weight excluding hydrogens is 292 g/mol. The zero-order valence-corrected chi connectivity index (χ0v) is 14.1. The van der Waals surface area contributed by atoms with Gasteiger partial charge in [-0.05, 0) is 56.7 Å². The largest absolute Gasteiger partial charge is 0.312 e. The van der Waals surface area contributed by atoms with Gasteiger partial charge in [-0.3, -0.25) is 0 Å². The van der Waals surface area contributed by atoms with Crippen molar-refractivity contribution >= 4 is 22.9 Å². The van der Waals surface area contributed by atoms with Crippen molar-refractivity contribution in [3.05, 3.63) is 24.2 Å². The van der Waals surface area contributed by atoms with Crippen molar-refractivity contribution in [2.45, 2.75) is 31.7 Å². The number of rotatable bonds is 3. The van der Waals surface area contributed by atoms with Crippen molar-refractivity contribution < 1.29 is 0 Å². The molecule has 4 rings (SSSR count). The van der Waals surface area contributed by atoms with Crippen molar-refractivity contribution in [1.82, 2.24) is 19.4 Å². The Morgan fingerprint density at radius 2 is 2.32 bits per heavy atom. The van der Waals surface area contributed by atoms with E-state index in [0.29, 0.717) is 5.92 Å². The molecular formula is C17H24N4S. The summed E-state index contributed by atoms with van der Waals surface area (Å²) in [5.41, 5.74) is 2.15. The first-order valence-electron chi connectivity index (χ1n) is 8.38. The normalized spacial score (nSPS) is 26.8. The number of fused-ring (bicyclic) bond motifs is 1. The second kappa shape index (κ2) is 6.20. The van der Waals surface area contributed by atoms with Gasteiger partial charge >= 0.3 is 0 Å². The third kappa shape index (κ3) is 2.76. The predicted octanol–water partition coefficient (Wildman–Crippen LogP) is 2.99. The second-order valence-electron chi connectivity index (χ2n) is 6.76. The van der Waals surface area contributed by atoms with Crippen LogP contribution in [0, 0.1) is 5.92 Å². The number of hydrogen-bond acceptors (Lipinski definition) is 4. The van der Waals surface area contributed by atoms with E-state index < -0.39 is 0 Å². The van der Waals surface area contributed by atoms with Gasteiger partial charge in [0.2, 0.25) is 0 Å². The van der Waals surface area contributed by atoms with Gasteiger partial charge in [-0.25, -0.2) is 9.97 Å². The van der Waals surface area contributed by atoms with Crippen LogP contribution in [0.5, 0.6) is 0 Å². The van der Waals surface area contributed by atoms with Gasteiger partial charge in [-0.2, -0.15) is 11.8 Å². The Morgan fingerprint density at radius 1 is 1.36 bits per heavy atom. The lowest BCUT2D eigenvalue weighted by Crippen LogP contribution is -2.34. The Labute approximate surface area is 136 Å². The Hall–Kier alpha value is -1.07. The van der Waals surface area contributed by atoms with Crippen molar-refractivity contribution in [2.75, 3.05) is 31.6 Å². The fraction of sp³-hybridized carbons (Fsp3) is 0.647. The quantitative estimate of drug-likeness (QED) is 0.872. The van der Waals surface area contributed by atoms with Crippen molar-refractivity contribution in [3.63, 3.8) is 0 Å². The number of pyridine rings is 1. The molecule has 0 radical (unpaired) electrons. The lowest BCUT2D eigenvalue weighted by Gasteiger charge is -2.30. The highest BCUT2D eigenvalue weighted by molar-refractivity contribution is 7.99. The van der Waals surface area contributed by atoms with Gasteiger partial charge in [0.15, 0.2) is 5.65 Å². The Kier molecular flexibility index (Phi) is 4.09. The zero-order chi connectivity index (χ0) is 14.9. The molecule has 2 aliphatic heterocycles. The first kappa shape index (κ1) is 14.5. The smallest absolute Gasteiger partial charge is 0.160 e. The Bertz CT molecular complexity index is 647. The van der Waals surface area contributed by atoms with Gasteiger partial charge < -0.3 is 9.47 Å². The van der Waals surface area contributed by atoms with Crippen molar-refractivity contribution in [2.24, 2.45) is 5.92 Å². The summed E-state index contributed by atoms with van der Waals surface area (Å²) in [6.07, 6.45) is 5.81. The van der Waals surface area contributed by atoms with Crippen LogP contribution in [0.25, 0.3) is 11.2 Å². The Balaban J connectivity index is 1.68. The van der Waals surface area contributed by atoms with E-state index in [0.717, 1.165) is 23.6 Å². The van der Waals surface area contributed by atoms with Crippen LogP contribution in [0.1, 0.15) is 31.0 Å². The third-order valence-corrected chi connectivity index (χ3v) is 6.15. The minimum Gasteiger partial charge on any atom is -0.312 e. The van der Waals surface area contributed by atoms with Gasteiger partial charge in [0, 0.05) is 31.0 Å². The van der Waals surface area contributed by atoms with Crippen LogP contribution in [-0.4, -0.2) is 51.1 Å². The number of piperidine rings is 1. The molecule has 4 nitrogen and oxygen atoms in total. The molecule has 0 aliphatic carbocycles. The lowest BCUT2D eigenvalue weighted by atomic mass is 9.98. The number of imidazole rings is 1. The summed E-state index contributed by atoms with van der Waals surface area (Å²) in [5, 5.41) is 0. The fourth-order valence-electron chi connectivity index (χ4n) is 3.89. The standard InChI is InChI=1S/C17H24N4S/c1-20-8-3-4-13(10-20)11-21-16(14-6-9-22-12-14)19-15-5-2-7-18-17(15)21/h2,5,7,13-14H,3-4,6,8-12H2,1H3. The van der Waals surface area contributed by atoms with E-state index in [1.165, 1.54) is 49.7 Å². The van der Waals surface area contributed by atoms with Crippen molar-refractivity contribution in [3.8, 4) is 0 Å². The van der Waals surface area contributed by atoms with E-state index >= 15 is 0 Å². The summed E-state index contributed by atoms with van der Waals surface area (Å²) in [4.78, 5) is 12.1. The third-order valence-electron chi connectivity index (χ3n) is 4.99. The maximum Gasteiger partial charge on any atom is 0.160 e. The van der Waals surface area contributed by atoms with Gasteiger partial charge in [0.25, 0.3) is 0 Å². The van der Waals surface area contributed by atoms with E-state index in [1.807, 2.05) is 12.3 Å². The SMILES string of the molecule is CN1CCCC(Cn2c(C3CCSC3)nc3cccnc32)C1. The van der Waals surface area contributed by atoms with E-state index in [2.05, 4.69) is 39.3 Å². The van der Waals surface area contributed by atoms with Crippen molar-refractivity contribution in [1.29, 1.82) is 0 Å². The van der Waals surface area contributed by atoms with Gasteiger partial charge in [-0.15, -0.1) is 0 Å². The first-order valence-corrected chi connectivity index (χ1v) is 9.54. The van der Waals surface area contributed by atoms with E-state index in [-0.39, 0.29) is 0 Å². The molecule has 2 aromatic heterocycles. The summed E-state index contributed by atoms with van der Waals surface area (Å²) in [7, 11) is 2.24. The molecule has 2 fully saturated rings. The molecule has 0 N–H and O–H groups in total. The molecule has 0 aromatic carbocycles. The predicted molar refractivity (Wildman–Crippen MR) is 92.4 cm³/mol. The van der Waals surface area contributed by atoms with Crippen LogP contribution in [-0.2, 0) is 6.54 Å². The maximum absolute atomic E-state index is 4.95. The summed E-state index contributed by atoms with van der Waals surface area (Å²) in [6, 6.07) is 4.11. The molecule has 0 amide bonds. The summed E-state index contributed by atoms with van der Waals surface area (Å²) in [6.45, 7) is 3.52. The molecule has 2 aromatic rings. The van der Waals surface area contributed by atoms with Gasteiger partial charge in [0.05, 0.1) is 0 Å². The minimum absolute atomic E-state index is 0.612. The minimum atomic E-state index is 0.612. The van der Waals surface area contributed by atoms with Crippen LogP contribution < -0.4 is 0 Å². The molecule has 0 spiro atoms. The second-order valence-corrected chi connectivity index (χ2v) is 7.91. The van der Waals surface area contributed by atoms with Crippen LogP contribution in [0.4, 0.5) is 0 Å². The van der Waals surface area contributed by atoms with Crippen LogP contribution in [0.15, 0.2) is 18.3 Å². The number of thioether (sulfide) groups is 1. The van der Waals surface area contributed by atoms with Crippen LogP contribution >= 0.6 is 11.8 Å². The highest BCUT2D eigenvalue weighted by Gasteiger charge is 2.26. The monoisotopic (exact) mass is 316 g/mol. The molecule has 2 aliphatic rings. The average Bonchev–Trinajstić information content (AvgIpc) is 3.15. The van der Waals surface area contributed by atoms with Crippen LogP contribution in [0.3, 0.4) is 0 Å². The number of aromatic nitrogens is 3. The highest BCUT2D eigenvalue weighted by Crippen LogP contribution is 2.34. The maximum atomic E-state index is 4.95. The topological polar surface area (TPSA) is 34.0 Å². The molecule has 4 heterocycles. The summed E-state index contributed by atoms with van der Waals surface area (Å²) in [5.74, 6) is 5.11. The number of hydrogen-bond donors (Lipinski definition) is 0. The molecule has 2 unspecified atom stereocenters. The molecule has 5 heteroatoms. The Morgan fingerprint density at radius 3 is 3.14 bits per heavy atom. The van der Waals surface area contributed by atoms with Gasteiger partial charge in [-0.1, -0.05) is 0 Å². The molecule has 2 saturated heterocycles. The summed E-state index contributed by atoms with van der Waals surface area (Å²) >= 11 is 2.06. The summed E-state index contributed by atoms with van der Waals surface area (Å²) < 4.78 is 2.44. The van der Waals surface area contributed by atoms with E-state index in [4.69, 9.17) is 4.98 Å².